The lowest BCUT2D eigenvalue weighted by atomic mass is 9.36. The van der Waals surface area contributed by atoms with E-state index in [1.54, 1.807) is 6.92 Å². The van der Waals surface area contributed by atoms with Crippen LogP contribution in [0.3, 0.4) is 0 Å². The van der Waals surface area contributed by atoms with Gasteiger partial charge in [0.15, 0.2) is 25.2 Å². The van der Waals surface area contributed by atoms with Gasteiger partial charge in [-0.3, -0.25) is 14.4 Å². The number of carbonyl (C=O) groups excluding carboxylic acids is 3. The van der Waals surface area contributed by atoms with E-state index in [2.05, 4.69) is 13.8 Å². The van der Waals surface area contributed by atoms with Crippen molar-refractivity contribution < 1.29 is 118 Å². The molecular formula is C50H78O24. The van der Waals surface area contributed by atoms with Gasteiger partial charge < -0.3 is 103 Å². The minimum Gasteiger partial charge on any atom is -0.465 e. The van der Waals surface area contributed by atoms with Gasteiger partial charge in [-0.15, -0.1) is 0 Å². The summed E-state index contributed by atoms with van der Waals surface area (Å²) in [4.78, 5) is 39.9. The second-order valence-electron chi connectivity index (χ2n) is 23.0. The number of rotatable bonds is 14. The number of aliphatic hydroxyl groups is 10. The van der Waals surface area contributed by atoms with Crippen molar-refractivity contribution in [2.75, 3.05) is 33.5 Å². The molecule has 28 atom stereocenters. The summed E-state index contributed by atoms with van der Waals surface area (Å²) < 4.78 is 65.0. The Kier molecular flexibility index (Phi) is 17.0. The first-order chi connectivity index (χ1) is 35.1. The van der Waals surface area contributed by atoms with Crippen molar-refractivity contribution in [1.82, 2.24) is 0 Å². The van der Waals surface area contributed by atoms with Crippen molar-refractivity contribution >= 4 is 17.7 Å². The molecule has 0 radical (unpaired) electrons. The van der Waals surface area contributed by atoms with Crippen molar-refractivity contribution in [1.29, 1.82) is 0 Å². The largest absolute Gasteiger partial charge is 0.465 e. The van der Waals surface area contributed by atoms with Gasteiger partial charge in [-0.25, -0.2) is 0 Å². The van der Waals surface area contributed by atoms with Crippen LogP contribution in [0.5, 0.6) is 0 Å². The Morgan fingerprint density at radius 2 is 1.22 bits per heavy atom. The van der Waals surface area contributed by atoms with Crippen LogP contribution in [-0.2, 0) is 66.5 Å². The Balaban J connectivity index is 0.812. The third kappa shape index (κ3) is 10.1. The van der Waals surface area contributed by atoms with E-state index in [0.717, 1.165) is 32.1 Å². The summed E-state index contributed by atoms with van der Waals surface area (Å²) in [5.41, 5.74) is -1.34. The number of esters is 2. The lowest BCUT2D eigenvalue weighted by Gasteiger charge is -2.67. The molecule has 28 unspecified atom stereocenters. The number of aliphatic hydroxyl groups excluding tert-OH is 10. The molecule has 422 valence electrons. The number of Topliss-reactive ketones (excluding diaryl/α,β-unsaturated/α-hetero) is 1. The quantitative estimate of drug-likeness (QED) is 0.0632. The molecule has 9 rings (SSSR count). The summed E-state index contributed by atoms with van der Waals surface area (Å²) in [5.74, 6) is -0.181. The fraction of sp³-hybridized carbons (Fsp3) is 0.940. The average molecular weight is 1060 g/mol. The number of ketones is 1. The molecule has 1 spiro atoms. The molecule has 10 N–H and O–H groups in total. The molecule has 5 aliphatic heterocycles. The molecule has 4 saturated carbocycles. The Morgan fingerprint density at radius 3 is 1.78 bits per heavy atom. The number of fused-ring (bicyclic) bond motifs is 3. The minimum absolute atomic E-state index is 0.0497. The molecule has 74 heavy (non-hydrogen) atoms. The van der Waals surface area contributed by atoms with Crippen molar-refractivity contribution in [3.8, 4) is 0 Å². The molecule has 9 fully saturated rings. The number of hydrogen-bond acceptors (Lipinski definition) is 24. The van der Waals surface area contributed by atoms with Crippen molar-refractivity contribution in [3.05, 3.63) is 0 Å². The highest BCUT2D eigenvalue weighted by molar-refractivity contribution is 5.92. The molecule has 0 amide bonds. The smallest absolute Gasteiger partial charge is 0.306 e. The second kappa shape index (κ2) is 22.2. The second-order valence-corrected chi connectivity index (χ2v) is 23.0. The zero-order chi connectivity index (χ0) is 53.3. The lowest BCUT2D eigenvalue weighted by Crippen LogP contribution is -2.67. The molecule has 9 aliphatic rings. The molecule has 0 aromatic rings. The number of methoxy groups -OCH3 is 1. The number of ether oxygens (including phenoxy) is 11. The topological polar surface area (TPSA) is 355 Å². The summed E-state index contributed by atoms with van der Waals surface area (Å²) >= 11 is 0. The van der Waals surface area contributed by atoms with Crippen LogP contribution in [0.2, 0.25) is 0 Å². The minimum atomic E-state index is -1.87. The van der Waals surface area contributed by atoms with Crippen LogP contribution in [0, 0.1) is 39.9 Å². The van der Waals surface area contributed by atoms with E-state index in [4.69, 9.17) is 52.1 Å². The van der Waals surface area contributed by atoms with E-state index in [1.165, 1.54) is 14.0 Å². The zero-order valence-corrected chi connectivity index (χ0v) is 42.5. The highest BCUT2D eigenvalue weighted by Crippen LogP contribution is 2.70. The van der Waals surface area contributed by atoms with Gasteiger partial charge in [0.1, 0.15) is 91.2 Å². The maximum absolute atomic E-state index is 14.9. The Labute approximate surface area is 428 Å². The highest BCUT2D eigenvalue weighted by Gasteiger charge is 2.70. The maximum Gasteiger partial charge on any atom is 0.306 e. The van der Waals surface area contributed by atoms with Gasteiger partial charge in [-0.2, -0.15) is 0 Å². The van der Waals surface area contributed by atoms with E-state index in [9.17, 15) is 65.4 Å². The van der Waals surface area contributed by atoms with Gasteiger partial charge in [0.05, 0.1) is 51.2 Å². The summed E-state index contributed by atoms with van der Waals surface area (Å²) in [5, 5.41) is 105. The Bertz CT molecular complexity index is 1980. The van der Waals surface area contributed by atoms with Crippen LogP contribution in [0.15, 0.2) is 0 Å². The normalized spacial score (nSPS) is 52.7. The fourth-order valence-electron chi connectivity index (χ4n) is 14.9. The highest BCUT2D eigenvalue weighted by atomic mass is 16.8. The van der Waals surface area contributed by atoms with Crippen LogP contribution in [-0.4, -0.2) is 231 Å². The van der Waals surface area contributed by atoms with Crippen molar-refractivity contribution in [2.24, 2.45) is 39.9 Å². The molecule has 0 aromatic carbocycles. The Morgan fingerprint density at radius 1 is 0.649 bits per heavy atom. The van der Waals surface area contributed by atoms with Gasteiger partial charge >= 0.3 is 11.9 Å². The van der Waals surface area contributed by atoms with Gasteiger partial charge in [-0.05, 0) is 75.5 Å². The van der Waals surface area contributed by atoms with E-state index in [0.29, 0.717) is 38.1 Å². The van der Waals surface area contributed by atoms with Gasteiger partial charge in [0, 0.05) is 43.1 Å². The van der Waals surface area contributed by atoms with Crippen LogP contribution in [0.4, 0.5) is 0 Å². The molecule has 0 aromatic heterocycles. The molecule has 24 nitrogen and oxygen atoms in total. The molecule has 24 heteroatoms. The lowest BCUT2D eigenvalue weighted by molar-refractivity contribution is -0.358. The maximum atomic E-state index is 14.9. The summed E-state index contributed by atoms with van der Waals surface area (Å²) in [6, 6.07) is 0. The summed E-state index contributed by atoms with van der Waals surface area (Å²) in [7, 11) is 1.46. The van der Waals surface area contributed by atoms with Crippen molar-refractivity contribution in [2.45, 2.75) is 221 Å². The summed E-state index contributed by atoms with van der Waals surface area (Å²) in [6.45, 7) is 5.85. The van der Waals surface area contributed by atoms with E-state index in [1.807, 2.05) is 0 Å². The molecule has 2 bridgehead atoms. The third-order valence-electron chi connectivity index (χ3n) is 18.9. The summed E-state index contributed by atoms with van der Waals surface area (Å²) in [6.07, 6.45) is -23.3. The van der Waals surface area contributed by atoms with Gasteiger partial charge in [0.2, 0.25) is 0 Å². The number of hydrogen-bond donors (Lipinski definition) is 10. The van der Waals surface area contributed by atoms with Gasteiger partial charge in [0.25, 0.3) is 0 Å². The number of carbonyl (C=O) groups is 3. The van der Waals surface area contributed by atoms with Crippen LogP contribution < -0.4 is 0 Å². The van der Waals surface area contributed by atoms with E-state index < -0.39 is 166 Å². The van der Waals surface area contributed by atoms with Crippen LogP contribution >= 0.6 is 0 Å². The monoisotopic (exact) mass is 1060 g/mol. The molecular weight excluding hydrogens is 985 g/mol. The van der Waals surface area contributed by atoms with Gasteiger partial charge in [-0.1, -0.05) is 13.8 Å². The van der Waals surface area contributed by atoms with E-state index >= 15 is 0 Å². The average Bonchev–Trinajstić information content (AvgIpc) is 3.80. The fourth-order valence-corrected chi connectivity index (χ4v) is 14.9. The third-order valence-corrected chi connectivity index (χ3v) is 18.9. The Hall–Kier alpha value is -2.15. The molecule has 5 saturated heterocycles. The SMILES string of the molecule is COC1CC(OC2CCC3(C)C(CCC45CCC(C6COC(=O)C6)C(C)(CCC43)C5=O)C2OC(C)=O)OC(C)C1OC1OC(COC2OC(COC3OC(CO)C(O)C(O)C3O)C(O)C(O)C2O)C(O)C(O)C1O. The molecule has 5 heterocycles. The van der Waals surface area contributed by atoms with Crippen LogP contribution in [0.1, 0.15) is 91.9 Å². The zero-order valence-electron chi connectivity index (χ0n) is 42.5. The first-order valence-electron chi connectivity index (χ1n) is 26.4. The number of cyclic esters (lactones) is 1. The van der Waals surface area contributed by atoms with Crippen LogP contribution in [0.25, 0.3) is 0 Å². The molecule has 4 aliphatic carbocycles. The first kappa shape index (κ1) is 56.6. The van der Waals surface area contributed by atoms with Crippen molar-refractivity contribution in [3.63, 3.8) is 0 Å². The van der Waals surface area contributed by atoms with E-state index in [-0.39, 0.29) is 41.5 Å². The predicted octanol–water partition coefficient (Wildman–Crippen LogP) is -2.56. The predicted molar refractivity (Wildman–Crippen MR) is 244 cm³/mol. The standard InChI is InChI=1S/C50H78O24/c1-20-42(74-46-41(62)38(59)35(56)29(73-46)19-67-45-40(61)37(58)34(55)28(72-45)18-66-44-39(60)36(57)33(54)27(16-51)71-44)26(64-5)15-32(68-20)70-25-8-10-48(3)24(43(25)69-21(2)52)7-13-50-12-6-23(22-14-31(53)65-17-22)49(4,47(50)63)11-9-30(48)50/h20,22-30,32-46,51,54-62H,6-19H2,1-5H3. The first-order valence-corrected chi connectivity index (χ1v) is 26.4.